The van der Waals surface area contributed by atoms with Crippen molar-refractivity contribution in [2.75, 3.05) is 13.7 Å². The van der Waals surface area contributed by atoms with E-state index < -0.39 is 11.8 Å². The van der Waals surface area contributed by atoms with Crippen LogP contribution < -0.4 is 14.8 Å². The van der Waals surface area contributed by atoms with E-state index in [1.165, 1.54) is 18.0 Å². The van der Waals surface area contributed by atoms with Crippen LogP contribution in [0.15, 0.2) is 46.4 Å². The number of nitrogens with one attached hydrogen (secondary N) is 1. The molecule has 1 heterocycles. The summed E-state index contributed by atoms with van der Waals surface area (Å²) >= 11 is 8.49. The number of hydrogen-bond donors (Lipinski definition) is 1. The molecule has 1 saturated heterocycles. The van der Waals surface area contributed by atoms with Crippen molar-refractivity contribution >= 4 is 51.2 Å². The molecule has 0 saturated carbocycles. The summed E-state index contributed by atoms with van der Waals surface area (Å²) in [4.78, 5) is 25.9. The molecule has 2 aromatic carbocycles. The average Bonchev–Trinajstić information content (AvgIpc) is 2.69. The van der Waals surface area contributed by atoms with Gasteiger partial charge in [0.25, 0.3) is 11.8 Å². The van der Waals surface area contributed by atoms with E-state index in [0.29, 0.717) is 34.7 Å². The van der Waals surface area contributed by atoms with Gasteiger partial charge in [0.1, 0.15) is 12.2 Å². The second-order valence-corrected chi connectivity index (χ2v) is 7.96. The van der Waals surface area contributed by atoms with Gasteiger partial charge < -0.3 is 9.47 Å². The third kappa shape index (κ3) is 4.88. The number of hydrogen-bond acceptors (Lipinski definition) is 5. The molecule has 6 nitrogen and oxygen atoms in total. The molecular formula is C22H21BrN2O4S. The van der Waals surface area contributed by atoms with Crippen molar-refractivity contribution in [1.82, 2.24) is 10.2 Å². The van der Waals surface area contributed by atoms with Crippen molar-refractivity contribution in [2.24, 2.45) is 0 Å². The highest BCUT2D eigenvalue weighted by molar-refractivity contribution is 9.10. The van der Waals surface area contributed by atoms with Gasteiger partial charge in [-0.1, -0.05) is 29.8 Å². The molecule has 0 radical (unpaired) electrons. The van der Waals surface area contributed by atoms with E-state index in [9.17, 15) is 9.59 Å². The molecule has 1 N–H and O–H groups in total. The zero-order valence-corrected chi connectivity index (χ0v) is 19.2. The SMILES string of the molecule is CCOc1cc(/C=C2\C(=O)NC(=S)N(C)C2=O)cc(Br)c1OCc1cccc(C)c1. The van der Waals surface area contributed by atoms with Crippen LogP contribution in [0.5, 0.6) is 11.5 Å². The molecule has 3 rings (SSSR count). The molecule has 1 aliphatic heterocycles. The minimum absolute atomic E-state index is 0.00567. The first-order valence-electron chi connectivity index (χ1n) is 9.30. The van der Waals surface area contributed by atoms with E-state index in [1.807, 2.05) is 32.0 Å². The fourth-order valence-corrected chi connectivity index (χ4v) is 3.69. The molecule has 156 valence electrons. The molecule has 2 aromatic rings. The van der Waals surface area contributed by atoms with Crippen LogP contribution in [0.1, 0.15) is 23.6 Å². The first-order valence-corrected chi connectivity index (χ1v) is 10.5. The Morgan fingerprint density at radius 1 is 1.20 bits per heavy atom. The van der Waals surface area contributed by atoms with Gasteiger partial charge in [-0.2, -0.15) is 0 Å². The molecular weight excluding hydrogens is 468 g/mol. The van der Waals surface area contributed by atoms with Crippen molar-refractivity contribution in [1.29, 1.82) is 0 Å². The number of carbonyl (C=O) groups is 2. The number of rotatable bonds is 6. The van der Waals surface area contributed by atoms with Gasteiger partial charge in [-0.15, -0.1) is 0 Å². The second kappa shape index (κ2) is 9.40. The number of likely N-dealkylation sites (N-methyl/N-ethyl adjacent to an activating group) is 1. The van der Waals surface area contributed by atoms with Crippen LogP contribution in [0.4, 0.5) is 0 Å². The second-order valence-electron chi connectivity index (χ2n) is 6.72. The predicted molar refractivity (Wildman–Crippen MR) is 122 cm³/mol. The first kappa shape index (κ1) is 22.0. The smallest absolute Gasteiger partial charge is 0.265 e. The molecule has 0 aliphatic carbocycles. The van der Waals surface area contributed by atoms with Crippen LogP contribution in [-0.2, 0) is 16.2 Å². The molecule has 2 amide bonds. The molecule has 0 unspecified atom stereocenters. The normalized spacial score (nSPS) is 15.4. The summed E-state index contributed by atoms with van der Waals surface area (Å²) in [6.07, 6.45) is 1.51. The largest absolute Gasteiger partial charge is 0.490 e. The minimum Gasteiger partial charge on any atom is -0.490 e. The number of ether oxygens (including phenoxy) is 2. The number of aryl methyl sites for hydroxylation is 1. The number of halogens is 1. The quantitative estimate of drug-likeness (QED) is 0.378. The van der Waals surface area contributed by atoms with Gasteiger partial charge >= 0.3 is 0 Å². The molecule has 0 bridgehead atoms. The van der Waals surface area contributed by atoms with Crippen LogP contribution in [0.3, 0.4) is 0 Å². The highest BCUT2D eigenvalue weighted by atomic mass is 79.9. The minimum atomic E-state index is -0.531. The lowest BCUT2D eigenvalue weighted by Gasteiger charge is -2.25. The lowest BCUT2D eigenvalue weighted by Crippen LogP contribution is -2.52. The van der Waals surface area contributed by atoms with Gasteiger partial charge in [0, 0.05) is 7.05 Å². The Morgan fingerprint density at radius 3 is 2.67 bits per heavy atom. The topological polar surface area (TPSA) is 67.9 Å². The third-order valence-corrected chi connectivity index (χ3v) is 5.38. The number of benzene rings is 2. The van der Waals surface area contributed by atoms with E-state index in [0.717, 1.165) is 11.1 Å². The molecule has 1 fully saturated rings. The van der Waals surface area contributed by atoms with E-state index >= 15 is 0 Å². The van der Waals surface area contributed by atoms with Crippen LogP contribution in [-0.4, -0.2) is 35.5 Å². The summed E-state index contributed by atoms with van der Waals surface area (Å²) in [5.41, 5.74) is 2.81. The maximum atomic E-state index is 12.4. The summed E-state index contributed by atoms with van der Waals surface area (Å²) in [6.45, 7) is 4.71. The van der Waals surface area contributed by atoms with E-state index in [4.69, 9.17) is 21.7 Å². The van der Waals surface area contributed by atoms with Crippen molar-refractivity contribution < 1.29 is 19.1 Å². The number of thiocarbonyl (C=S) groups is 1. The summed E-state index contributed by atoms with van der Waals surface area (Å²) in [5.74, 6) is 0.0757. The summed E-state index contributed by atoms with van der Waals surface area (Å²) in [6, 6.07) is 11.6. The summed E-state index contributed by atoms with van der Waals surface area (Å²) in [7, 11) is 1.52. The van der Waals surface area contributed by atoms with E-state index in [1.54, 1.807) is 12.1 Å². The van der Waals surface area contributed by atoms with Gasteiger partial charge in [-0.25, -0.2) is 0 Å². The Bertz CT molecular complexity index is 1050. The number of nitrogens with zero attached hydrogens (tertiary/aromatic N) is 1. The average molecular weight is 489 g/mol. The van der Waals surface area contributed by atoms with Gasteiger partial charge in [-0.3, -0.25) is 19.8 Å². The van der Waals surface area contributed by atoms with Crippen molar-refractivity contribution in [3.63, 3.8) is 0 Å². The van der Waals surface area contributed by atoms with Crippen molar-refractivity contribution in [2.45, 2.75) is 20.5 Å². The summed E-state index contributed by atoms with van der Waals surface area (Å²) in [5, 5.41) is 2.58. The standard InChI is InChI=1S/C22H21BrN2O4S/c1-4-28-18-11-15(9-16-20(26)24-22(30)25(3)21(16)27)10-17(23)19(18)29-12-14-7-5-6-13(2)8-14/h5-11H,4,12H2,1-3H3,(H,24,26,30)/b16-9+. The Balaban J connectivity index is 1.92. The zero-order chi connectivity index (χ0) is 21.8. The zero-order valence-electron chi connectivity index (χ0n) is 16.8. The van der Waals surface area contributed by atoms with E-state index in [-0.39, 0.29) is 10.7 Å². The predicted octanol–water partition coefficient (Wildman–Crippen LogP) is 3.99. The van der Waals surface area contributed by atoms with Crippen LogP contribution in [0, 0.1) is 6.92 Å². The van der Waals surface area contributed by atoms with Gasteiger partial charge in [0.15, 0.2) is 16.6 Å². The molecule has 0 spiro atoms. The maximum Gasteiger partial charge on any atom is 0.265 e. The Kier molecular flexibility index (Phi) is 6.89. The Morgan fingerprint density at radius 2 is 1.97 bits per heavy atom. The fraction of sp³-hybridized carbons (Fsp3) is 0.227. The van der Waals surface area contributed by atoms with Gasteiger partial charge in [0.2, 0.25) is 0 Å². The van der Waals surface area contributed by atoms with Crippen LogP contribution in [0.25, 0.3) is 6.08 Å². The number of carbonyl (C=O) groups excluding carboxylic acids is 2. The maximum absolute atomic E-state index is 12.4. The van der Waals surface area contributed by atoms with Crippen molar-refractivity contribution in [3.05, 3.63) is 63.1 Å². The van der Waals surface area contributed by atoms with Crippen molar-refractivity contribution in [3.8, 4) is 11.5 Å². The molecule has 30 heavy (non-hydrogen) atoms. The molecule has 0 atom stereocenters. The highest BCUT2D eigenvalue weighted by Gasteiger charge is 2.30. The third-order valence-electron chi connectivity index (χ3n) is 4.41. The fourth-order valence-electron chi connectivity index (χ4n) is 2.94. The molecule has 8 heteroatoms. The lowest BCUT2D eigenvalue weighted by molar-refractivity contribution is -0.128. The van der Waals surface area contributed by atoms with Crippen LogP contribution in [0.2, 0.25) is 0 Å². The van der Waals surface area contributed by atoms with Gasteiger partial charge in [0.05, 0.1) is 11.1 Å². The molecule has 0 aromatic heterocycles. The number of amides is 2. The Hall–Kier alpha value is -2.71. The monoisotopic (exact) mass is 488 g/mol. The lowest BCUT2D eigenvalue weighted by atomic mass is 10.1. The first-order chi connectivity index (χ1) is 14.3. The Labute approximate surface area is 189 Å². The highest BCUT2D eigenvalue weighted by Crippen LogP contribution is 2.38. The van der Waals surface area contributed by atoms with E-state index in [2.05, 4.69) is 27.3 Å². The van der Waals surface area contributed by atoms with Crippen LogP contribution >= 0.6 is 28.1 Å². The summed E-state index contributed by atoms with van der Waals surface area (Å²) < 4.78 is 12.4. The van der Waals surface area contributed by atoms with Gasteiger partial charge in [-0.05, 0) is 71.3 Å². The molecule has 1 aliphatic rings.